The second-order valence-electron chi connectivity index (χ2n) is 6.76. The number of benzene rings is 2. The van der Waals surface area contributed by atoms with Gasteiger partial charge in [-0.3, -0.25) is 4.79 Å². The monoisotopic (exact) mass is 416 g/mol. The Hall–Kier alpha value is -1.56. The summed E-state index contributed by atoms with van der Waals surface area (Å²) in [4.78, 5) is 19.3. The molecule has 2 heterocycles. The van der Waals surface area contributed by atoms with E-state index in [1.165, 1.54) is 9.71 Å². The summed E-state index contributed by atoms with van der Waals surface area (Å²) in [6, 6.07) is 16.1. The van der Waals surface area contributed by atoms with E-state index in [2.05, 4.69) is 18.2 Å². The van der Waals surface area contributed by atoms with Crippen LogP contribution in [0.3, 0.4) is 0 Å². The maximum absolute atomic E-state index is 12.5. The first kappa shape index (κ1) is 18.8. The Bertz CT molecular complexity index is 902. The van der Waals surface area contributed by atoms with Crippen molar-refractivity contribution in [2.75, 3.05) is 18.8 Å². The molecule has 0 saturated carbocycles. The van der Waals surface area contributed by atoms with Gasteiger partial charge in [-0.2, -0.15) is 0 Å². The van der Waals surface area contributed by atoms with Crippen molar-refractivity contribution in [2.45, 2.75) is 24.5 Å². The zero-order valence-electron chi connectivity index (χ0n) is 14.9. The Morgan fingerprint density at radius 1 is 1.15 bits per heavy atom. The molecule has 1 aliphatic heterocycles. The van der Waals surface area contributed by atoms with E-state index < -0.39 is 0 Å². The Kier molecular flexibility index (Phi) is 6.01. The van der Waals surface area contributed by atoms with E-state index in [4.69, 9.17) is 16.6 Å². The second-order valence-corrected chi connectivity index (χ2v) is 9.21. The molecule has 140 valence electrons. The molecule has 1 saturated heterocycles. The summed E-state index contributed by atoms with van der Waals surface area (Å²) in [5.41, 5.74) is 2.18. The lowest BCUT2D eigenvalue weighted by Crippen LogP contribution is -2.38. The van der Waals surface area contributed by atoms with E-state index >= 15 is 0 Å². The molecule has 3 aromatic rings. The van der Waals surface area contributed by atoms with Crippen LogP contribution in [0.5, 0.6) is 0 Å². The van der Waals surface area contributed by atoms with Crippen LogP contribution in [0, 0.1) is 0 Å². The number of likely N-dealkylation sites (tertiary alicyclic amines) is 1. The lowest BCUT2D eigenvalue weighted by Gasteiger charge is -2.31. The van der Waals surface area contributed by atoms with Gasteiger partial charge in [-0.05, 0) is 36.6 Å². The molecule has 0 N–H and O–H groups in total. The molecule has 0 bridgehead atoms. The first-order chi connectivity index (χ1) is 13.2. The number of rotatable bonds is 5. The van der Waals surface area contributed by atoms with Crippen LogP contribution >= 0.6 is 34.7 Å². The molecule has 6 heteroatoms. The summed E-state index contributed by atoms with van der Waals surface area (Å²) in [5, 5.41) is 1.99. The van der Waals surface area contributed by atoms with Crippen molar-refractivity contribution in [3.05, 3.63) is 64.1 Å². The highest BCUT2D eigenvalue weighted by atomic mass is 35.5. The third-order valence-corrected chi connectivity index (χ3v) is 7.48. The minimum atomic E-state index is 0.231. The van der Waals surface area contributed by atoms with Gasteiger partial charge >= 0.3 is 0 Å². The van der Waals surface area contributed by atoms with Crippen LogP contribution in [0.15, 0.2) is 48.5 Å². The largest absolute Gasteiger partial charge is 0.342 e. The van der Waals surface area contributed by atoms with Crippen LogP contribution in [0.1, 0.15) is 29.3 Å². The molecule has 0 radical (unpaired) electrons. The Morgan fingerprint density at radius 3 is 2.67 bits per heavy atom. The molecule has 0 spiro atoms. The first-order valence-corrected chi connectivity index (χ1v) is 11.5. The highest BCUT2D eigenvalue weighted by molar-refractivity contribution is 7.99. The lowest BCUT2D eigenvalue weighted by molar-refractivity contribution is -0.129. The predicted octanol–water partition coefficient (Wildman–Crippen LogP) is 5.59. The van der Waals surface area contributed by atoms with Crippen molar-refractivity contribution in [3.63, 3.8) is 0 Å². The van der Waals surface area contributed by atoms with Gasteiger partial charge in [0.15, 0.2) is 0 Å². The molecule has 0 unspecified atom stereocenters. The van der Waals surface area contributed by atoms with Crippen molar-refractivity contribution in [1.82, 2.24) is 9.88 Å². The van der Waals surface area contributed by atoms with E-state index in [-0.39, 0.29) is 5.91 Å². The molecule has 1 amide bonds. The smallest absolute Gasteiger partial charge is 0.232 e. The van der Waals surface area contributed by atoms with Crippen LogP contribution in [0.2, 0.25) is 5.02 Å². The van der Waals surface area contributed by atoms with Crippen LogP contribution in [-0.2, 0) is 10.5 Å². The number of carbonyl (C=O) groups excluding carboxylic acids is 1. The normalized spacial score (nSPS) is 15.4. The molecule has 4 rings (SSSR count). The highest BCUT2D eigenvalue weighted by Crippen LogP contribution is 2.34. The van der Waals surface area contributed by atoms with Crippen molar-refractivity contribution in [3.8, 4) is 0 Å². The van der Waals surface area contributed by atoms with Crippen LogP contribution in [0.25, 0.3) is 10.2 Å². The molecule has 0 atom stereocenters. The number of thioether (sulfide) groups is 1. The predicted molar refractivity (Wildman–Crippen MR) is 116 cm³/mol. The number of para-hydroxylation sites is 1. The molecule has 0 aliphatic carbocycles. The van der Waals surface area contributed by atoms with E-state index in [1.807, 2.05) is 35.2 Å². The average molecular weight is 417 g/mol. The lowest BCUT2D eigenvalue weighted by atomic mass is 9.97. The van der Waals surface area contributed by atoms with Gasteiger partial charge in [-0.15, -0.1) is 23.1 Å². The number of amides is 1. The van der Waals surface area contributed by atoms with Crippen molar-refractivity contribution in [2.24, 2.45) is 0 Å². The molecule has 1 aromatic heterocycles. The number of nitrogens with zero attached hydrogens (tertiary/aromatic N) is 2. The Labute approximate surface area is 172 Å². The molecular formula is C21H21ClN2OS2. The van der Waals surface area contributed by atoms with Gasteiger partial charge in [0.2, 0.25) is 5.91 Å². The zero-order valence-corrected chi connectivity index (χ0v) is 17.3. The maximum Gasteiger partial charge on any atom is 0.232 e. The average Bonchev–Trinajstić information content (AvgIpc) is 3.14. The van der Waals surface area contributed by atoms with Gasteiger partial charge in [0.05, 0.1) is 21.0 Å². The van der Waals surface area contributed by atoms with E-state index in [1.54, 1.807) is 23.1 Å². The number of aromatic nitrogens is 1. The number of halogens is 1. The van der Waals surface area contributed by atoms with E-state index in [0.29, 0.717) is 11.7 Å². The number of piperidine rings is 1. The second kappa shape index (κ2) is 8.63. The molecule has 1 aliphatic rings. The fourth-order valence-corrected chi connectivity index (χ4v) is 5.74. The van der Waals surface area contributed by atoms with Gasteiger partial charge in [0.1, 0.15) is 0 Å². The molecular weight excluding hydrogens is 396 g/mol. The summed E-state index contributed by atoms with van der Waals surface area (Å²) < 4.78 is 1.25. The molecule has 1 fully saturated rings. The summed E-state index contributed by atoms with van der Waals surface area (Å²) >= 11 is 9.61. The summed E-state index contributed by atoms with van der Waals surface area (Å²) in [5.74, 6) is 1.99. The highest BCUT2D eigenvalue weighted by Gasteiger charge is 2.25. The zero-order chi connectivity index (χ0) is 18.6. The minimum absolute atomic E-state index is 0.231. The fourth-order valence-electron chi connectivity index (χ4n) is 3.40. The van der Waals surface area contributed by atoms with E-state index in [9.17, 15) is 4.79 Å². The molecule has 27 heavy (non-hydrogen) atoms. The maximum atomic E-state index is 12.5. The Morgan fingerprint density at radius 2 is 1.89 bits per heavy atom. The number of thiazole rings is 1. The third kappa shape index (κ3) is 4.48. The number of hydrogen-bond acceptors (Lipinski definition) is 4. The van der Waals surface area contributed by atoms with Crippen LogP contribution < -0.4 is 0 Å². The standard InChI is InChI=1S/C21H21ClN2OS2/c22-17-6-2-1-5-16(17)13-26-14-20(25)24-11-9-15(10-12-24)21-23-18-7-3-4-8-19(18)27-21/h1-8,15H,9-14H2. The topological polar surface area (TPSA) is 33.2 Å². The van der Waals surface area contributed by atoms with E-state index in [0.717, 1.165) is 47.8 Å². The minimum Gasteiger partial charge on any atom is -0.342 e. The molecule has 2 aromatic carbocycles. The van der Waals surface area contributed by atoms with Crippen molar-refractivity contribution in [1.29, 1.82) is 0 Å². The SMILES string of the molecule is O=C(CSCc1ccccc1Cl)N1CCC(c2nc3ccccc3s2)CC1. The Balaban J connectivity index is 1.27. The van der Waals surface area contributed by atoms with Crippen LogP contribution in [0.4, 0.5) is 0 Å². The number of fused-ring (bicyclic) bond motifs is 1. The van der Waals surface area contributed by atoms with Crippen molar-refractivity contribution < 1.29 is 4.79 Å². The van der Waals surface area contributed by atoms with Gasteiger partial charge < -0.3 is 4.90 Å². The summed E-state index contributed by atoms with van der Waals surface area (Å²) in [6.07, 6.45) is 2.00. The number of hydrogen-bond donors (Lipinski definition) is 0. The van der Waals surface area contributed by atoms with Gasteiger partial charge in [0.25, 0.3) is 0 Å². The van der Waals surface area contributed by atoms with Gasteiger partial charge in [-0.25, -0.2) is 4.98 Å². The summed E-state index contributed by atoms with van der Waals surface area (Å²) in [6.45, 7) is 1.65. The third-order valence-electron chi connectivity index (χ3n) is 4.95. The van der Waals surface area contributed by atoms with Gasteiger partial charge in [-0.1, -0.05) is 41.9 Å². The van der Waals surface area contributed by atoms with Gasteiger partial charge in [0, 0.05) is 29.8 Å². The van der Waals surface area contributed by atoms with Crippen molar-refractivity contribution >= 4 is 50.8 Å². The first-order valence-electron chi connectivity index (χ1n) is 9.15. The molecule has 3 nitrogen and oxygen atoms in total. The fraction of sp³-hybridized carbons (Fsp3) is 0.333. The quantitative estimate of drug-likeness (QED) is 0.543. The summed E-state index contributed by atoms with van der Waals surface area (Å²) in [7, 11) is 0. The number of carbonyl (C=O) groups is 1. The van der Waals surface area contributed by atoms with Crippen LogP contribution in [-0.4, -0.2) is 34.6 Å².